The summed E-state index contributed by atoms with van der Waals surface area (Å²) in [5, 5.41) is 14.6. The third kappa shape index (κ3) is 2.70. The van der Waals surface area contributed by atoms with E-state index in [1.807, 2.05) is 30.5 Å². The van der Waals surface area contributed by atoms with Crippen LogP contribution < -0.4 is 0 Å². The monoisotopic (exact) mass is 375 g/mol. The van der Waals surface area contributed by atoms with Gasteiger partial charge in [-0.15, -0.1) is 11.3 Å². The Bertz CT molecular complexity index is 1190. The number of nitriles is 1. The largest absolute Gasteiger partial charge is 0.254 e. The van der Waals surface area contributed by atoms with E-state index in [9.17, 15) is 5.26 Å². The molecule has 0 aliphatic heterocycles. The van der Waals surface area contributed by atoms with Gasteiger partial charge < -0.3 is 0 Å². The average molecular weight is 376 g/mol. The van der Waals surface area contributed by atoms with Crippen molar-refractivity contribution in [1.82, 2.24) is 19.6 Å². The van der Waals surface area contributed by atoms with Gasteiger partial charge in [-0.05, 0) is 50.8 Å². The maximum atomic E-state index is 9.81. The summed E-state index contributed by atoms with van der Waals surface area (Å²) in [5.74, 6) is 0.448. The van der Waals surface area contributed by atoms with Crippen LogP contribution in [0.4, 0.5) is 0 Å². The number of pyridine rings is 1. The minimum absolute atomic E-state index is 0.448. The van der Waals surface area contributed by atoms with E-state index in [1.54, 1.807) is 17.5 Å². The smallest absolute Gasteiger partial charge is 0.158 e. The van der Waals surface area contributed by atoms with Gasteiger partial charge in [0, 0.05) is 11.8 Å². The van der Waals surface area contributed by atoms with E-state index < -0.39 is 0 Å². The summed E-state index contributed by atoms with van der Waals surface area (Å²) in [6.07, 6.45) is 3.86. The summed E-state index contributed by atoms with van der Waals surface area (Å²) in [6.45, 7) is 8.43. The number of thiophene rings is 1. The van der Waals surface area contributed by atoms with Crippen LogP contribution in [0, 0.1) is 25.2 Å². The Morgan fingerprint density at radius 3 is 2.74 bits per heavy atom. The number of imidazole rings is 1. The first-order valence-corrected chi connectivity index (χ1v) is 10.1. The number of nitrogens with zero attached hydrogens (tertiary/aromatic N) is 5. The van der Waals surface area contributed by atoms with E-state index >= 15 is 0 Å². The molecule has 0 saturated carbocycles. The van der Waals surface area contributed by atoms with Gasteiger partial charge >= 0.3 is 0 Å². The summed E-state index contributed by atoms with van der Waals surface area (Å²) in [4.78, 5) is 10.2. The molecule has 4 aromatic heterocycles. The topological polar surface area (TPSA) is 66.9 Å². The lowest BCUT2D eigenvalue weighted by molar-refractivity contribution is 0.638. The van der Waals surface area contributed by atoms with Crippen molar-refractivity contribution in [3.05, 3.63) is 46.9 Å². The molecule has 0 bridgehead atoms. The van der Waals surface area contributed by atoms with Gasteiger partial charge in [-0.25, -0.2) is 9.50 Å². The second-order valence-electron chi connectivity index (χ2n) is 6.80. The van der Waals surface area contributed by atoms with Crippen molar-refractivity contribution in [2.45, 2.75) is 46.5 Å². The maximum absolute atomic E-state index is 9.81. The number of aromatic nitrogens is 4. The number of hydrogen-bond donors (Lipinski definition) is 0. The van der Waals surface area contributed by atoms with Crippen molar-refractivity contribution in [1.29, 1.82) is 5.26 Å². The highest BCUT2D eigenvalue weighted by molar-refractivity contribution is 7.22. The van der Waals surface area contributed by atoms with Crippen molar-refractivity contribution in [3.63, 3.8) is 0 Å². The van der Waals surface area contributed by atoms with Crippen LogP contribution in [0.15, 0.2) is 24.4 Å². The van der Waals surface area contributed by atoms with Gasteiger partial charge in [0.25, 0.3) is 0 Å². The highest BCUT2D eigenvalue weighted by Gasteiger charge is 2.24. The first kappa shape index (κ1) is 17.6. The Kier molecular flexibility index (Phi) is 4.40. The molecule has 27 heavy (non-hydrogen) atoms. The fraction of sp³-hybridized carbons (Fsp3) is 0.333. The molecule has 0 aromatic carbocycles. The number of rotatable bonds is 4. The van der Waals surface area contributed by atoms with Gasteiger partial charge in [-0.1, -0.05) is 13.8 Å². The molecule has 6 heteroatoms. The lowest BCUT2D eigenvalue weighted by Gasteiger charge is -2.14. The van der Waals surface area contributed by atoms with Crippen molar-refractivity contribution < 1.29 is 0 Å². The van der Waals surface area contributed by atoms with E-state index in [1.165, 1.54) is 5.56 Å². The quantitative estimate of drug-likeness (QED) is 0.479. The first-order valence-electron chi connectivity index (χ1n) is 9.23. The van der Waals surface area contributed by atoms with Crippen molar-refractivity contribution in [3.8, 4) is 16.6 Å². The third-order valence-electron chi connectivity index (χ3n) is 5.11. The SMILES string of the molecule is CCC(CC)c1cc(C)nn2c(-c3sc4cccnc4c3C#N)c(C)nc12. The van der Waals surface area contributed by atoms with E-state index in [0.29, 0.717) is 11.5 Å². The third-order valence-corrected chi connectivity index (χ3v) is 6.26. The van der Waals surface area contributed by atoms with Crippen LogP contribution in [-0.2, 0) is 0 Å². The van der Waals surface area contributed by atoms with Crippen LogP contribution in [-0.4, -0.2) is 19.6 Å². The van der Waals surface area contributed by atoms with Crippen molar-refractivity contribution in [2.75, 3.05) is 0 Å². The van der Waals surface area contributed by atoms with Crippen LogP contribution >= 0.6 is 11.3 Å². The molecular formula is C21H21N5S. The predicted octanol–water partition coefficient (Wildman–Crippen LogP) is 5.40. The molecule has 0 atom stereocenters. The van der Waals surface area contributed by atoms with Gasteiger partial charge in [0.05, 0.1) is 32.0 Å². The summed E-state index contributed by atoms with van der Waals surface area (Å²) >= 11 is 1.58. The second kappa shape index (κ2) is 6.75. The van der Waals surface area contributed by atoms with Crippen LogP contribution in [0.1, 0.15) is 55.1 Å². The van der Waals surface area contributed by atoms with Crippen LogP contribution in [0.5, 0.6) is 0 Å². The standard InChI is InChI=1S/C21H21N5S/c1-5-14(6-2)15-10-12(3)25-26-19(13(4)24-21(15)26)20-16(11-22)18-17(27-20)8-7-9-23-18/h7-10,14H,5-6H2,1-4H3. The van der Waals surface area contributed by atoms with Crippen LogP contribution in [0.3, 0.4) is 0 Å². The minimum Gasteiger partial charge on any atom is -0.254 e. The van der Waals surface area contributed by atoms with Gasteiger partial charge in [0.15, 0.2) is 5.65 Å². The number of fused-ring (bicyclic) bond motifs is 2. The fourth-order valence-electron chi connectivity index (χ4n) is 3.77. The molecule has 0 unspecified atom stereocenters. The molecule has 0 spiro atoms. The fourth-order valence-corrected chi connectivity index (χ4v) is 4.96. The maximum Gasteiger partial charge on any atom is 0.158 e. The minimum atomic E-state index is 0.448. The highest BCUT2D eigenvalue weighted by atomic mass is 32.1. The van der Waals surface area contributed by atoms with Crippen molar-refractivity contribution >= 4 is 27.2 Å². The lowest BCUT2D eigenvalue weighted by atomic mass is 9.95. The Morgan fingerprint density at radius 2 is 2.04 bits per heavy atom. The molecule has 0 aliphatic carbocycles. The lowest BCUT2D eigenvalue weighted by Crippen LogP contribution is -2.05. The first-order chi connectivity index (χ1) is 13.1. The Balaban J connectivity index is 2.07. The second-order valence-corrected chi connectivity index (χ2v) is 7.86. The zero-order chi connectivity index (χ0) is 19.1. The van der Waals surface area contributed by atoms with Gasteiger partial charge in [0.1, 0.15) is 11.8 Å². The normalized spacial score (nSPS) is 11.6. The van der Waals surface area contributed by atoms with E-state index in [4.69, 9.17) is 10.1 Å². The molecule has 4 rings (SSSR count). The zero-order valence-electron chi connectivity index (χ0n) is 15.9. The van der Waals surface area contributed by atoms with Crippen LogP contribution in [0.2, 0.25) is 0 Å². The molecule has 0 radical (unpaired) electrons. The molecule has 0 fully saturated rings. The molecule has 0 aliphatic rings. The molecule has 0 saturated heterocycles. The van der Waals surface area contributed by atoms with Crippen LogP contribution in [0.25, 0.3) is 26.4 Å². The summed E-state index contributed by atoms with van der Waals surface area (Å²) < 4.78 is 2.94. The summed E-state index contributed by atoms with van der Waals surface area (Å²) in [7, 11) is 0. The van der Waals surface area contributed by atoms with Gasteiger partial charge in [-0.2, -0.15) is 10.4 Å². The molecule has 0 amide bonds. The molecule has 4 heterocycles. The van der Waals surface area contributed by atoms with Gasteiger partial charge in [-0.3, -0.25) is 4.98 Å². The average Bonchev–Trinajstić information content (AvgIpc) is 3.18. The Hall–Kier alpha value is -2.78. The van der Waals surface area contributed by atoms with Crippen molar-refractivity contribution in [2.24, 2.45) is 0 Å². The molecular weight excluding hydrogens is 354 g/mol. The number of hydrogen-bond acceptors (Lipinski definition) is 5. The Labute approximate surface area is 162 Å². The molecule has 5 nitrogen and oxygen atoms in total. The Morgan fingerprint density at radius 1 is 1.26 bits per heavy atom. The van der Waals surface area contributed by atoms with Gasteiger partial charge in [0.2, 0.25) is 0 Å². The van der Waals surface area contributed by atoms with E-state index in [-0.39, 0.29) is 0 Å². The molecule has 136 valence electrons. The highest BCUT2D eigenvalue weighted by Crippen LogP contribution is 2.39. The summed E-state index contributed by atoms with van der Waals surface area (Å²) in [5.41, 5.74) is 6.25. The van der Waals surface area contributed by atoms with E-state index in [0.717, 1.165) is 50.7 Å². The molecule has 0 N–H and O–H groups in total. The zero-order valence-corrected chi connectivity index (χ0v) is 16.8. The summed E-state index contributed by atoms with van der Waals surface area (Å²) in [6, 6.07) is 8.41. The van der Waals surface area contributed by atoms with E-state index in [2.05, 4.69) is 31.0 Å². The number of aryl methyl sites for hydroxylation is 2. The molecule has 4 aromatic rings. The predicted molar refractivity (Wildman–Crippen MR) is 109 cm³/mol.